The van der Waals surface area contributed by atoms with Gasteiger partial charge in [-0.3, -0.25) is 14.6 Å². The number of nitrogens with one attached hydrogen (secondary N) is 1. The molecule has 3 heterocycles. The summed E-state index contributed by atoms with van der Waals surface area (Å²) >= 11 is 0. The number of nitrogens with zero attached hydrogens (tertiary/aromatic N) is 6. The second-order valence-corrected chi connectivity index (χ2v) is 8.12. The van der Waals surface area contributed by atoms with Crippen LogP contribution < -0.4 is 10.2 Å². The molecule has 164 valence electrons. The van der Waals surface area contributed by atoms with Crippen molar-refractivity contribution in [3.63, 3.8) is 0 Å². The summed E-state index contributed by atoms with van der Waals surface area (Å²) in [6.07, 6.45) is 5.65. The van der Waals surface area contributed by atoms with E-state index in [1.54, 1.807) is 18.6 Å². The fourth-order valence-electron chi connectivity index (χ4n) is 4.00. The number of benzene rings is 1. The number of anilines is 2. The van der Waals surface area contributed by atoms with E-state index in [2.05, 4.69) is 25.1 Å². The third kappa shape index (κ3) is 4.05. The lowest BCUT2D eigenvalue weighted by molar-refractivity contribution is -0.130. The Labute approximate surface area is 186 Å². The average molecular weight is 432 g/mol. The Bertz CT molecular complexity index is 1150. The summed E-state index contributed by atoms with van der Waals surface area (Å²) in [6.45, 7) is 4.41. The summed E-state index contributed by atoms with van der Waals surface area (Å²) in [5, 5.41) is 11.2. The van der Waals surface area contributed by atoms with E-state index >= 15 is 0 Å². The van der Waals surface area contributed by atoms with E-state index in [0.29, 0.717) is 37.1 Å². The van der Waals surface area contributed by atoms with Crippen LogP contribution in [0.1, 0.15) is 36.3 Å². The topological polar surface area (TPSA) is 96.2 Å². The molecular weight excluding hydrogens is 406 g/mol. The van der Waals surface area contributed by atoms with Gasteiger partial charge in [0.25, 0.3) is 5.91 Å². The normalized spacial score (nSPS) is 16.3. The standard InChI is InChI=1S/C23H25N7O2/c1-2-28-10-11-29(14-21(28)31)19-8-9-24-20(13-19)23(32)26-17-5-3-4-16(12-17)22-27-25-15-30(22)18-6-7-18/h3-5,8-9,12-13,15,18H,2,6-7,10-11,14H2,1H3,(H,26,32). The van der Waals surface area contributed by atoms with Crippen LogP contribution in [-0.4, -0.2) is 62.6 Å². The zero-order chi connectivity index (χ0) is 22.1. The second kappa shape index (κ2) is 8.41. The van der Waals surface area contributed by atoms with Gasteiger partial charge in [0.15, 0.2) is 5.82 Å². The van der Waals surface area contributed by atoms with Crippen LogP contribution in [0.2, 0.25) is 0 Å². The highest BCUT2D eigenvalue weighted by Gasteiger charge is 2.27. The minimum absolute atomic E-state index is 0.0948. The van der Waals surface area contributed by atoms with Crippen LogP contribution in [0.25, 0.3) is 11.4 Å². The predicted octanol–water partition coefficient (Wildman–Crippen LogP) is 2.60. The van der Waals surface area contributed by atoms with Gasteiger partial charge in [-0.2, -0.15) is 0 Å². The molecule has 2 aromatic heterocycles. The molecule has 3 aromatic rings. The molecule has 9 nitrogen and oxygen atoms in total. The third-order valence-electron chi connectivity index (χ3n) is 5.93. The van der Waals surface area contributed by atoms with E-state index in [4.69, 9.17) is 0 Å². The predicted molar refractivity (Wildman–Crippen MR) is 120 cm³/mol. The quantitative estimate of drug-likeness (QED) is 0.645. The largest absolute Gasteiger partial charge is 0.360 e. The molecule has 1 aromatic carbocycles. The SMILES string of the molecule is CCN1CCN(c2ccnc(C(=O)Nc3cccc(-c4nncn4C4CC4)c3)c2)CC1=O. The maximum atomic E-state index is 12.9. The second-order valence-electron chi connectivity index (χ2n) is 8.12. The molecule has 5 rings (SSSR count). The zero-order valence-corrected chi connectivity index (χ0v) is 17.9. The molecule has 0 bridgehead atoms. The molecule has 0 atom stereocenters. The molecule has 0 spiro atoms. The lowest BCUT2D eigenvalue weighted by atomic mass is 10.1. The molecule has 1 aliphatic heterocycles. The van der Waals surface area contributed by atoms with Crippen LogP contribution in [0.4, 0.5) is 11.4 Å². The van der Waals surface area contributed by atoms with Gasteiger partial charge < -0.3 is 19.7 Å². The minimum Gasteiger partial charge on any atom is -0.360 e. The van der Waals surface area contributed by atoms with Crippen molar-refractivity contribution in [1.82, 2.24) is 24.6 Å². The molecule has 2 amide bonds. The van der Waals surface area contributed by atoms with E-state index in [1.807, 2.05) is 47.1 Å². The molecule has 0 radical (unpaired) electrons. The Morgan fingerprint density at radius 1 is 1.19 bits per heavy atom. The van der Waals surface area contributed by atoms with E-state index in [1.165, 1.54) is 0 Å². The lowest BCUT2D eigenvalue weighted by Crippen LogP contribution is -2.50. The number of hydrogen-bond donors (Lipinski definition) is 1. The third-order valence-corrected chi connectivity index (χ3v) is 5.93. The number of pyridine rings is 1. The highest BCUT2D eigenvalue weighted by Crippen LogP contribution is 2.37. The van der Waals surface area contributed by atoms with Gasteiger partial charge >= 0.3 is 0 Å². The zero-order valence-electron chi connectivity index (χ0n) is 17.9. The van der Waals surface area contributed by atoms with Crippen molar-refractivity contribution < 1.29 is 9.59 Å². The van der Waals surface area contributed by atoms with Crippen LogP contribution in [-0.2, 0) is 4.79 Å². The highest BCUT2D eigenvalue weighted by molar-refractivity contribution is 6.03. The van der Waals surface area contributed by atoms with Crippen molar-refractivity contribution in [2.75, 3.05) is 36.4 Å². The molecule has 2 fully saturated rings. The smallest absolute Gasteiger partial charge is 0.274 e. The number of carbonyl (C=O) groups excluding carboxylic acids is 2. The van der Waals surface area contributed by atoms with Crippen LogP contribution in [0.5, 0.6) is 0 Å². The van der Waals surface area contributed by atoms with Crippen molar-refractivity contribution in [2.45, 2.75) is 25.8 Å². The molecule has 0 unspecified atom stereocenters. The monoisotopic (exact) mass is 431 g/mol. The Hall–Kier alpha value is -3.75. The van der Waals surface area contributed by atoms with E-state index in [-0.39, 0.29) is 11.8 Å². The molecule has 9 heteroatoms. The molecule has 1 saturated carbocycles. The number of hydrogen-bond acceptors (Lipinski definition) is 6. The Morgan fingerprint density at radius 2 is 2.06 bits per heavy atom. The molecule has 1 saturated heterocycles. The first kappa shape index (κ1) is 20.2. The fraction of sp³-hybridized carbons (Fsp3) is 0.348. The van der Waals surface area contributed by atoms with Gasteiger partial charge in [-0.15, -0.1) is 10.2 Å². The first-order valence-electron chi connectivity index (χ1n) is 10.9. The Balaban J connectivity index is 1.31. The van der Waals surface area contributed by atoms with Gasteiger partial charge in [0.1, 0.15) is 12.0 Å². The Morgan fingerprint density at radius 3 is 2.84 bits per heavy atom. The van der Waals surface area contributed by atoms with Gasteiger partial charge in [-0.05, 0) is 44.0 Å². The van der Waals surface area contributed by atoms with Crippen molar-refractivity contribution >= 4 is 23.2 Å². The average Bonchev–Trinajstić information content (AvgIpc) is 3.55. The van der Waals surface area contributed by atoms with Gasteiger partial charge in [0.05, 0.1) is 6.54 Å². The van der Waals surface area contributed by atoms with Gasteiger partial charge in [-0.25, -0.2) is 0 Å². The van der Waals surface area contributed by atoms with Crippen LogP contribution >= 0.6 is 0 Å². The van der Waals surface area contributed by atoms with Gasteiger partial charge in [0, 0.05) is 48.8 Å². The van der Waals surface area contributed by atoms with E-state index < -0.39 is 0 Å². The number of piperazine rings is 1. The summed E-state index contributed by atoms with van der Waals surface area (Å²) in [5.74, 6) is 0.600. The van der Waals surface area contributed by atoms with Gasteiger partial charge in [-0.1, -0.05) is 12.1 Å². The van der Waals surface area contributed by atoms with Crippen molar-refractivity contribution in [1.29, 1.82) is 0 Å². The maximum absolute atomic E-state index is 12.9. The van der Waals surface area contributed by atoms with Crippen LogP contribution in [0, 0.1) is 0 Å². The van der Waals surface area contributed by atoms with Gasteiger partial charge in [0.2, 0.25) is 5.91 Å². The summed E-state index contributed by atoms with van der Waals surface area (Å²) in [7, 11) is 0. The highest BCUT2D eigenvalue weighted by atomic mass is 16.2. The maximum Gasteiger partial charge on any atom is 0.274 e. The first-order chi connectivity index (χ1) is 15.6. The fourth-order valence-corrected chi connectivity index (χ4v) is 4.00. The number of aromatic nitrogens is 4. The van der Waals surface area contributed by atoms with E-state index in [0.717, 1.165) is 36.5 Å². The lowest BCUT2D eigenvalue weighted by Gasteiger charge is -2.35. The van der Waals surface area contributed by atoms with E-state index in [9.17, 15) is 9.59 Å². The van der Waals surface area contributed by atoms with Crippen LogP contribution in [0.15, 0.2) is 48.9 Å². The first-order valence-corrected chi connectivity index (χ1v) is 10.9. The van der Waals surface area contributed by atoms with Crippen LogP contribution in [0.3, 0.4) is 0 Å². The molecular formula is C23H25N7O2. The molecule has 2 aliphatic rings. The summed E-state index contributed by atoms with van der Waals surface area (Å²) in [5.41, 5.74) is 2.69. The van der Waals surface area contributed by atoms with Crippen molar-refractivity contribution in [3.05, 3.63) is 54.6 Å². The molecule has 32 heavy (non-hydrogen) atoms. The minimum atomic E-state index is -0.300. The molecule has 1 aliphatic carbocycles. The summed E-state index contributed by atoms with van der Waals surface area (Å²) in [6, 6.07) is 11.6. The summed E-state index contributed by atoms with van der Waals surface area (Å²) in [4.78, 5) is 33.2. The summed E-state index contributed by atoms with van der Waals surface area (Å²) < 4.78 is 2.09. The Kier molecular flexibility index (Phi) is 5.30. The molecule has 1 N–H and O–H groups in total. The number of amides is 2. The van der Waals surface area contributed by atoms with Crippen molar-refractivity contribution in [3.8, 4) is 11.4 Å². The number of rotatable bonds is 6. The number of carbonyl (C=O) groups is 2. The van der Waals surface area contributed by atoms with Crippen molar-refractivity contribution in [2.24, 2.45) is 0 Å². The number of likely N-dealkylation sites (N-methyl/N-ethyl adjacent to an activating group) is 1.